The summed E-state index contributed by atoms with van der Waals surface area (Å²) in [6, 6.07) is 3.49. The van der Waals surface area contributed by atoms with Crippen LogP contribution in [-0.2, 0) is 9.53 Å². The van der Waals surface area contributed by atoms with E-state index in [4.69, 9.17) is 0 Å². The van der Waals surface area contributed by atoms with Gasteiger partial charge in [-0.25, -0.2) is 9.78 Å². The lowest BCUT2D eigenvalue weighted by atomic mass is 10.2. The molecule has 0 saturated carbocycles. The zero-order chi connectivity index (χ0) is 15.9. The fraction of sp³-hybridized carbons (Fsp3) is 0.438. The van der Waals surface area contributed by atoms with Crippen LogP contribution in [-0.4, -0.2) is 43.6 Å². The molecule has 2 heterocycles. The molecule has 6 nitrogen and oxygen atoms in total. The van der Waals surface area contributed by atoms with Crippen LogP contribution in [0.15, 0.2) is 30.5 Å². The third-order valence-electron chi connectivity index (χ3n) is 3.59. The second-order valence-electron chi connectivity index (χ2n) is 5.38. The number of esters is 1. The molecule has 118 valence electrons. The van der Waals surface area contributed by atoms with Gasteiger partial charge in [-0.05, 0) is 24.5 Å². The molecule has 1 aliphatic rings. The van der Waals surface area contributed by atoms with E-state index in [0.717, 1.165) is 25.3 Å². The van der Waals surface area contributed by atoms with Crippen molar-refractivity contribution in [2.45, 2.75) is 13.3 Å². The molecule has 1 atom stereocenters. The van der Waals surface area contributed by atoms with Crippen molar-refractivity contribution in [3.05, 3.63) is 36.0 Å². The first-order valence-corrected chi connectivity index (χ1v) is 7.34. The van der Waals surface area contributed by atoms with E-state index in [0.29, 0.717) is 11.5 Å². The molecule has 1 aromatic heterocycles. The summed E-state index contributed by atoms with van der Waals surface area (Å²) >= 11 is 0. The number of pyridine rings is 1. The number of nitrogens with zero attached hydrogens (tertiary/aromatic N) is 2. The lowest BCUT2D eigenvalue weighted by Crippen LogP contribution is -2.25. The van der Waals surface area contributed by atoms with E-state index in [2.05, 4.69) is 26.9 Å². The van der Waals surface area contributed by atoms with Gasteiger partial charge in [0.15, 0.2) is 0 Å². The maximum absolute atomic E-state index is 12.1. The van der Waals surface area contributed by atoms with Crippen LogP contribution in [0.25, 0.3) is 0 Å². The summed E-state index contributed by atoms with van der Waals surface area (Å²) in [5, 5.41) is 2.73. The number of methoxy groups -OCH3 is 1. The van der Waals surface area contributed by atoms with Crippen LogP contribution in [0.2, 0.25) is 0 Å². The minimum Gasteiger partial charge on any atom is -0.466 e. The van der Waals surface area contributed by atoms with Gasteiger partial charge in [-0.15, -0.1) is 0 Å². The van der Waals surface area contributed by atoms with Crippen molar-refractivity contribution in [1.29, 1.82) is 0 Å². The average molecular weight is 303 g/mol. The van der Waals surface area contributed by atoms with Gasteiger partial charge in [-0.3, -0.25) is 4.79 Å². The third kappa shape index (κ3) is 4.31. The van der Waals surface area contributed by atoms with Crippen LogP contribution in [0.3, 0.4) is 0 Å². The number of aromatic nitrogens is 1. The molecule has 2 rings (SSSR count). The molecule has 1 fully saturated rings. The van der Waals surface area contributed by atoms with Gasteiger partial charge in [0, 0.05) is 37.5 Å². The number of nitrogens with one attached hydrogen (secondary N) is 1. The van der Waals surface area contributed by atoms with Crippen LogP contribution in [0.4, 0.5) is 5.82 Å². The molecule has 22 heavy (non-hydrogen) atoms. The summed E-state index contributed by atoms with van der Waals surface area (Å²) in [4.78, 5) is 29.5. The molecule has 1 unspecified atom stereocenters. The smallest absolute Gasteiger partial charge is 0.330 e. The van der Waals surface area contributed by atoms with Crippen molar-refractivity contribution in [3.63, 3.8) is 0 Å². The van der Waals surface area contributed by atoms with E-state index in [9.17, 15) is 9.59 Å². The normalized spacial score (nSPS) is 17.7. The minimum absolute atomic E-state index is 0.189. The number of hydrogen-bond donors (Lipinski definition) is 1. The highest BCUT2D eigenvalue weighted by atomic mass is 16.5. The molecule has 1 saturated heterocycles. The predicted octanol–water partition coefficient (Wildman–Crippen LogP) is 1.39. The van der Waals surface area contributed by atoms with Gasteiger partial charge in [0.1, 0.15) is 5.82 Å². The molecule has 0 bridgehead atoms. The van der Waals surface area contributed by atoms with Crippen molar-refractivity contribution in [1.82, 2.24) is 10.3 Å². The fourth-order valence-electron chi connectivity index (χ4n) is 2.35. The number of rotatable bonds is 5. The Morgan fingerprint density at radius 1 is 1.55 bits per heavy atom. The fourth-order valence-corrected chi connectivity index (χ4v) is 2.35. The molecular weight excluding hydrogens is 282 g/mol. The quantitative estimate of drug-likeness (QED) is 0.657. The Kier molecular flexibility index (Phi) is 5.52. The van der Waals surface area contributed by atoms with Gasteiger partial charge in [0.25, 0.3) is 5.91 Å². The zero-order valence-electron chi connectivity index (χ0n) is 12.9. The Balaban J connectivity index is 1.93. The number of hydrogen-bond acceptors (Lipinski definition) is 5. The van der Waals surface area contributed by atoms with Crippen LogP contribution >= 0.6 is 0 Å². The van der Waals surface area contributed by atoms with E-state index in [1.165, 1.54) is 13.2 Å². The summed E-state index contributed by atoms with van der Waals surface area (Å²) in [7, 11) is 1.31. The van der Waals surface area contributed by atoms with Gasteiger partial charge in [0.05, 0.1) is 7.11 Å². The van der Waals surface area contributed by atoms with Crippen molar-refractivity contribution in [2.24, 2.45) is 5.92 Å². The van der Waals surface area contributed by atoms with E-state index < -0.39 is 5.97 Å². The zero-order valence-corrected chi connectivity index (χ0v) is 12.9. The molecule has 6 heteroatoms. The Morgan fingerprint density at radius 3 is 3.05 bits per heavy atom. The summed E-state index contributed by atoms with van der Waals surface area (Å²) in [6.07, 6.45) is 5.63. The highest BCUT2D eigenvalue weighted by Gasteiger charge is 2.20. The lowest BCUT2D eigenvalue weighted by molar-refractivity contribution is -0.134. The topological polar surface area (TPSA) is 71.5 Å². The standard InChI is InChI=1S/C16H21N3O3/c1-12-6-9-19(11-12)14-10-13(5-8-17-14)16(21)18-7-3-4-15(20)22-2/h3-5,8,10,12H,6-7,9,11H2,1-2H3,(H,18,21)/b4-3+. The number of carbonyl (C=O) groups is 2. The Labute approximate surface area is 130 Å². The first-order valence-electron chi connectivity index (χ1n) is 7.34. The number of anilines is 1. The van der Waals surface area contributed by atoms with Crippen LogP contribution in [0.5, 0.6) is 0 Å². The number of amides is 1. The molecule has 0 spiro atoms. The molecular formula is C16H21N3O3. The molecule has 0 aromatic carbocycles. The van der Waals surface area contributed by atoms with Gasteiger partial charge in [0.2, 0.25) is 0 Å². The monoisotopic (exact) mass is 303 g/mol. The second kappa shape index (κ2) is 7.59. The van der Waals surface area contributed by atoms with Crippen LogP contribution < -0.4 is 10.2 Å². The van der Waals surface area contributed by atoms with Crippen LogP contribution in [0.1, 0.15) is 23.7 Å². The summed E-state index contributed by atoms with van der Waals surface area (Å²) in [6.45, 7) is 4.43. The molecule has 0 aliphatic carbocycles. The summed E-state index contributed by atoms with van der Waals surface area (Å²) < 4.78 is 4.47. The highest BCUT2D eigenvalue weighted by Crippen LogP contribution is 2.22. The maximum atomic E-state index is 12.1. The molecule has 0 radical (unpaired) electrons. The van der Waals surface area contributed by atoms with Crippen molar-refractivity contribution in [3.8, 4) is 0 Å². The Hall–Kier alpha value is -2.37. The van der Waals surface area contributed by atoms with Gasteiger partial charge in [-0.1, -0.05) is 13.0 Å². The van der Waals surface area contributed by atoms with E-state index >= 15 is 0 Å². The van der Waals surface area contributed by atoms with Crippen molar-refractivity contribution in [2.75, 3.05) is 31.6 Å². The van der Waals surface area contributed by atoms with E-state index in [1.54, 1.807) is 24.4 Å². The van der Waals surface area contributed by atoms with E-state index in [1.807, 2.05) is 0 Å². The predicted molar refractivity (Wildman–Crippen MR) is 83.7 cm³/mol. The molecule has 1 amide bonds. The van der Waals surface area contributed by atoms with Gasteiger partial charge >= 0.3 is 5.97 Å². The summed E-state index contributed by atoms with van der Waals surface area (Å²) in [5.74, 6) is 0.860. The van der Waals surface area contributed by atoms with Crippen molar-refractivity contribution < 1.29 is 14.3 Å². The van der Waals surface area contributed by atoms with Gasteiger partial charge in [-0.2, -0.15) is 0 Å². The highest BCUT2D eigenvalue weighted by molar-refractivity contribution is 5.95. The number of ether oxygens (including phenoxy) is 1. The number of carbonyl (C=O) groups excluding carboxylic acids is 2. The first-order chi connectivity index (χ1) is 10.6. The van der Waals surface area contributed by atoms with Crippen LogP contribution in [0, 0.1) is 5.92 Å². The van der Waals surface area contributed by atoms with Crippen molar-refractivity contribution >= 4 is 17.7 Å². The largest absolute Gasteiger partial charge is 0.466 e. The SMILES string of the molecule is COC(=O)/C=C/CNC(=O)c1ccnc(N2CCC(C)C2)c1. The maximum Gasteiger partial charge on any atom is 0.330 e. The summed E-state index contributed by atoms with van der Waals surface area (Å²) in [5.41, 5.74) is 0.566. The van der Waals surface area contributed by atoms with E-state index in [-0.39, 0.29) is 12.5 Å². The average Bonchev–Trinajstić information content (AvgIpc) is 2.97. The Bertz CT molecular complexity index is 572. The third-order valence-corrected chi connectivity index (χ3v) is 3.59. The first kappa shape index (κ1) is 16.0. The molecule has 1 aromatic rings. The molecule has 1 N–H and O–H groups in total. The van der Waals surface area contributed by atoms with Gasteiger partial charge < -0.3 is 15.0 Å². The lowest BCUT2D eigenvalue weighted by Gasteiger charge is -2.17. The second-order valence-corrected chi connectivity index (χ2v) is 5.38. The minimum atomic E-state index is -0.441. The Morgan fingerprint density at radius 2 is 2.36 bits per heavy atom. The molecule has 1 aliphatic heterocycles.